The van der Waals surface area contributed by atoms with Crippen LogP contribution in [0.5, 0.6) is 5.88 Å². The van der Waals surface area contributed by atoms with Gasteiger partial charge in [0.1, 0.15) is 10.5 Å². The summed E-state index contributed by atoms with van der Waals surface area (Å²) in [5.74, 6) is 1.46. The molecule has 2 aromatic rings. The van der Waals surface area contributed by atoms with Crippen LogP contribution in [0.25, 0.3) is 10.8 Å². The maximum absolute atomic E-state index is 5.28. The maximum atomic E-state index is 5.28. The standard InChI is InChI=1S/C10H13N3O3S/c1-10(2,15-4)9-11-8(16-12-9)6-5-7(14-3)13-17-6/h5H,1-4H3. The summed E-state index contributed by atoms with van der Waals surface area (Å²) in [5, 5.41) is 3.90. The molecule has 0 saturated carbocycles. The van der Waals surface area contributed by atoms with Gasteiger partial charge in [-0.05, 0) is 25.4 Å². The van der Waals surface area contributed by atoms with E-state index in [1.807, 2.05) is 13.8 Å². The van der Waals surface area contributed by atoms with Gasteiger partial charge >= 0.3 is 0 Å². The van der Waals surface area contributed by atoms with Crippen molar-refractivity contribution in [1.82, 2.24) is 14.5 Å². The topological polar surface area (TPSA) is 70.3 Å². The zero-order valence-electron chi connectivity index (χ0n) is 10.1. The molecule has 2 rings (SSSR count). The number of methoxy groups -OCH3 is 2. The Kier molecular flexibility index (Phi) is 3.12. The van der Waals surface area contributed by atoms with Crippen molar-refractivity contribution in [2.24, 2.45) is 0 Å². The highest BCUT2D eigenvalue weighted by atomic mass is 32.1. The average Bonchev–Trinajstić information content (AvgIpc) is 2.97. The Morgan fingerprint density at radius 3 is 2.71 bits per heavy atom. The van der Waals surface area contributed by atoms with Crippen LogP contribution >= 0.6 is 11.5 Å². The third-order valence-electron chi connectivity index (χ3n) is 2.38. The van der Waals surface area contributed by atoms with E-state index >= 15 is 0 Å². The van der Waals surface area contributed by atoms with Crippen LogP contribution < -0.4 is 4.74 Å². The summed E-state index contributed by atoms with van der Waals surface area (Å²) < 4.78 is 19.5. The van der Waals surface area contributed by atoms with Crippen LogP contribution in [0.4, 0.5) is 0 Å². The predicted octanol–water partition coefficient (Wildman–Crippen LogP) is 2.08. The van der Waals surface area contributed by atoms with Gasteiger partial charge in [-0.2, -0.15) is 9.36 Å². The highest BCUT2D eigenvalue weighted by Crippen LogP contribution is 2.29. The fourth-order valence-electron chi connectivity index (χ4n) is 1.12. The van der Waals surface area contributed by atoms with Gasteiger partial charge in [0.05, 0.1) is 7.11 Å². The van der Waals surface area contributed by atoms with Gasteiger partial charge in [0.15, 0.2) is 0 Å². The summed E-state index contributed by atoms with van der Waals surface area (Å²) in [7, 11) is 3.16. The van der Waals surface area contributed by atoms with Crippen molar-refractivity contribution in [2.45, 2.75) is 19.4 Å². The Balaban J connectivity index is 2.29. The molecule has 0 fully saturated rings. The van der Waals surface area contributed by atoms with E-state index in [-0.39, 0.29) is 0 Å². The van der Waals surface area contributed by atoms with Gasteiger partial charge in [-0.1, -0.05) is 5.16 Å². The van der Waals surface area contributed by atoms with Crippen molar-refractivity contribution in [2.75, 3.05) is 14.2 Å². The molecule has 6 nitrogen and oxygen atoms in total. The van der Waals surface area contributed by atoms with Crippen molar-refractivity contribution in [3.8, 4) is 16.6 Å². The van der Waals surface area contributed by atoms with E-state index in [1.165, 1.54) is 11.5 Å². The summed E-state index contributed by atoms with van der Waals surface area (Å²) in [5.41, 5.74) is -0.573. The van der Waals surface area contributed by atoms with Gasteiger partial charge in [0.2, 0.25) is 11.7 Å². The summed E-state index contributed by atoms with van der Waals surface area (Å²) in [6, 6.07) is 1.75. The Bertz CT molecular complexity index is 506. The van der Waals surface area contributed by atoms with Crippen LogP contribution in [0.15, 0.2) is 10.6 Å². The SMILES string of the molecule is COc1cc(-c2nc(C(C)(C)OC)no2)sn1. The second-order valence-electron chi connectivity index (χ2n) is 3.87. The van der Waals surface area contributed by atoms with Gasteiger partial charge in [0, 0.05) is 13.2 Å². The monoisotopic (exact) mass is 255 g/mol. The van der Waals surface area contributed by atoms with E-state index in [2.05, 4.69) is 14.5 Å². The van der Waals surface area contributed by atoms with Crippen LogP contribution in [0.2, 0.25) is 0 Å². The molecule has 2 aromatic heterocycles. The number of hydrogen-bond acceptors (Lipinski definition) is 7. The molecular formula is C10H13N3O3S. The lowest BCUT2D eigenvalue weighted by atomic mass is 10.1. The van der Waals surface area contributed by atoms with Crippen molar-refractivity contribution >= 4 is 11.5 Å². The minimum absolute atomic E-state index is 0.422. The normalized spacial score (nSPS) is 11.8. The van der Waals surface area contributed by atoms with Gasteiger partial charge in [0.25, 0.3) is 5.89 Å². The lowest BCUT2D eigenvalue weighted by Gasteiger charge is -2.17. The molecule has 0 unspecified atom stereocenters. The molecule has 0 radical (unpaired) electrons. The molecule has 92 valence electrons. The lowest BCUT2D eigenvalue weighted by molar-refractivity contribution is 0.00973. The van der Waals surface area contributed by atoms with E-state index in [9.17, 15) is 0 Å². The molecule has 17 heavy (non-hydrogen) atoms. The van der Waals surface area contributed by atoms with Gasteiger partial charge in [-0.3, -0.25) is 0 Å². The molecule has 0 aliphatic rings. The smallest absolute Gasteiger partial charge is 0.269 e. The fourth-order valence-corrected chi connectivity index (χ4v) is 1.75. The average molecular weight is 255 g/mol. The molecule has 0 aromatic carbocycles. The summed E-state index contributed by atoms with van der Waals surface area (Å²) >= 11 is 1.25. The molecule has 7 heteroatoms. The van der Waals surface area contributed by atoms with Crippen LogP contribution in [0, 0.1) is 0 Å². The second-order valence-corrected chi connectivity index (χ2v) is 4.68. The quantitative estimate of drug-likeness (QED) is 0.833. The minimum Gasteiger partial charge on any atom is -0.480 e. The third kappa shape index (κ3) is 2.29. The first-order valence-electron chi connectivity index (χ1n) is 4.97. The van der Waals surface area contributed by atoms with Crippen LogP contribution in [0.1, 0.15) is 19.7 Å². The summed E-state index contributed by atoms with van der Waals surface area (Å²) in [4.78, 5) is 5.05. The van der Waals surface area contributed by atoms with E-state index in [0.717, 1.165) is 4.88 Å². The number of ether oxygens (including phenoxy) is 2. The molecule has 0 N–H and O–H groups in total. The minimum atomic E-state index is -0.573. The molecule has 0 amide bonds. The zero-order valence-corrected chi connectivity index (χ0v) is 10.9. The Labute approximate surface area is 103 Å². The number of hydrogen-bond donors (Lipinski definition) is 0. The summed E-state index contributed by atoms with van der Waals surface area (Å²) in [6.07, 6.45) is 0. The fraction of sp³-hybridized carbons (Fsp3) is 0.500. The first-order chi connectivity index (χ1) is 8.06. The Morgan fingerprint density at radius 1 is 1.35 bits per heavy atom. The molecule has 0 aliphatic carbocycles. The van der Waals surface area contributed by atoms with Gasteiger partial charge in [-0.25, -0.2) is 0 Å². The number of aromatic nitrogens is 3. The molecular weight excluding hydrogens is 242 g/mol. The Morgan fingerprint density at radius 2 is 2.12 bits per heavy atom. The molecule has 0 bridgehead atoms. The van der Waals surface area contributed by atoms with Crippen LogP contribution in [0.3, 0.4) is 0 Å². The highest BCUT2D eigenvalue weighted by molar-refractivity contribution is 7.09. The van der Waals surface area contributed by atoms with E-state index < -0.39 is 5.60 Å². The van der Waals surface area contributed by atoms with Crippen molar-refractivity contribution < 1.29 is 14.0 Å². The number of nitrogens with zero attached hydrogens (tertiary/aromatic N) is 3. The second kappa shape index (κ2) is 4.42. The molecule has 0 saturated heterocycles. The molecule has 2 heterocycles. The molecule has 0 atom stereocenters. The van der Waals surface area contributed by atoms with Crippen molar-refractivity contribution in [3.05, 3.63) is 11.9 Å². The van der Waals surface area contributed by atoms with Crippen molar-refractivity contribution in [3.63, 3.8) is 0 Å². The number of rotatable bonds is 4. The third-order valence-corrected chi connectivity index (χ3v) is 3.14. The molecule has 0 aliphatic heterocycles. The zero-order chi connectivity index (χ0) is 12.5. The first kappa shape index (κ1) is 12.0. The van der Waals surface area contributed by atoms with Gasteiger partial charge < -0.3 is 14.0 Å². The largest absolute Gasteiger partial charge is 0.480 e. The van der Waals surface area contributed by atoms with Crippen LogP contribution in [-0.2, 0) is 10.3 Å². The van der Waals surface area contributed by atoms with E-state index in [1.54, 1.807) is 20.3 Å². The van der Waals surface area contributed by atoms with E-state index in [0.29, 0.717) is 17.6 Å². The first-order valence-corrected chi connectivity index (χ1v) is 5.74. The highest BCUT2D eigenvalue weighted by Gasteiger charge is 2.27. The van der Waals surface area contributed by atoms with Crippen molar-refractivity contribution in [1.29, 1.82) is 0 Å². The molecule has 0 spiro atoms. The van der Waals surface area contributed by atoms with E-state index in [4.69, 9.17) is 14.0 Å². The van der Waals surface area contributed by atoms with Gasteiger partial charge in [-0.15, -0.1) is 0 Å². The predicted molar refractivity (Wildman–Crippen MR) is 62.0 cm³/mol. The Hall–Kier alpha value is -1.47. The van der Waals surface area contributed by atoms with Crippen LogP contribution in [-0.4, -0.2) is 28.7 Å². The lowest BCUT2D eigenvalue weighted by Crippen LogP contribution is -2.21. The summed E-state index contributed by atoms with van der Waals surface area (Å²) in [6.45, 7) is 3.74. The maximum Gasteiger partial charge on any atom is 0.269 e.